The Morgan fingerprint density at radius 2 is 2.38 bits per heavy atom. The van der Waals surface area contributed by atoms with E-state index in [0.717, 1.165) is 6.42 Å². The minimum absolute atomic E-state index is 0.490. The van der Waals surface area contributed by atoms with Crippen LogP contribution in [0.5, 0.6) is 0 Å². The van der Waals surface area contributed by atoms with Gasteiger partial charge in [0.05, 0.1) is 0 Å². The summed E-state index contributed by atoms with van der Waals surface area (Å²) >= 11 is 0. The van der Waals surface area contributed by atoms with Gasteiger partial charge in [0.15, 0.2) is 0 Å². The summed E-state index contributed by atoms with van der Waals surface area (Å²) in [5, 5.41) is 2.26. The molecule has 0 rings (SSSR count). The molecule has 0 aliphatic heterocycles. The molecule has 0 radical (unpaired) electrons. The van der Waals surface area contributed by atoms with Crippen LogP contribution >= 0.6 is 7.67 Å². The number of rotatable bonds is 3. The van der Waals surface area contributed by atoms with Gasteiger partial charge in [-0.15, -0.1) is 0 Å². The topological polar surface area (TPSA) is 75.3 Å². The summed E-state index contributed by atoms with van der Waals surface area (Å²) in [5.74, 6) is 0. The maximum Gasteiger partial charge on any atom is 0.335 e. The van der Waals surface area contributed by atoms with E-state index in [1.807, 2.05) is 6.92 Å². The molecule has 0 amide bonds. The highest BCUT2D eigenvalue weighted by Crippen LogP contribution is 2.21. The SMILES string of the molecule is CCCNP(N)(=O)O. The lowest BCUT2D eigenvalue weighted by molar-refractivity contribution is 0.464. The van der Waals surface area contributed by atoms with E-state index in [0.29, 0.717) is 6.54 Å². The molecule has 5 heteroatoms. The highest BCUT2D eigenvalue weighted by molar-refractivity contribution is 7.53. The highest BCUT2D eigenvalue weighted by Gasteiger charge is 2.05. The number of nitrogens with one attached hydrogen (secondary N) is 1. The molecule has 8 heavy (non-hydrogen) atoms. The second-order valence-corrected chi connectivity index (χ2v) is 3.09. The molecule has 4 nitrogen and oxygen atoms in total. The minimum Gasteiger partial charge on any atom is -0.322 e. The van der Waals surface area contributed by atoms with E-state index in [4.69, 9.17) is 10.4 Å². The van der Waals surface area contributed by atoms with Crippen LogP contribution in [0.1, 0.15) is 13.3 Å². The normalized spacial score (nSPS) is 17.9. The van der Waals surface area contributed by atoms with E-state index >= 15 is 0 Å². The predicted molar refractivity (Wildman–Crippen MR) is 32.3 cm³/mol. The summed E-state index contributed by atoms with van der Waals surface area (Å²) in [4.78, 5) is 8.37. The van der Waals surface area contributed by atoms with Gasteiger partial charge in [0.25, 0.3) is 0 Å². The molecule has 0 aliphatic rings. The van der Waals surface area contributed by atoms with Crippen molar-refractivity contribution in [3.8, 4) is 0 Å². The van der Waals surface area contributed by atoms with Crippen LogP contribution in [0.3, 0.4) is 0 Å². The summed E-state index contributed by atoms with van der Waals surface area (Å²) < 4.78 is 10.2. The third-order valence-electron chi connectivity index (χ3n) is 0.588. The smallest absolute Gasteiger partial charge is 0.322 e. The molecule has 0 bridgehead atoms. The van der Waals surface area contributed by atoms with E-state index in [-0.39, 0.29) is 0 Å². The predicted octanol–water partition coefficient (Wildman–Crippen LogP) is 0.0451. The molecule has 0 spiro atoms. The summed E-state index contributed by atoms with van der Waals surface area (Å²) in [7, 11) is -3.43. The van der Waals surface area contributed by atoms with Crippen LogP contribution in [0.25, 0.3) is 0 Å². The van der Waals surface area contributed by atoms with Gasteiger partial charge < -0.3 is 4.89 Å². The standard InChI is InChI=1S/C3H11N2O2P/c1-2-3-5-8(4,6)7/h2-3H2,1H3,(H4,4,5,6,7). The van der Waals surface area contributed by atoms with Crippen molar-refractivity contribution in [3.05, 3.63) is 0 Å². The minimum atomic E-state index is -3.43. The first-order valence-corrected chi connectivity index (χ1v) is 4.15. The van der Waals surface area contributed by atoms with Crippen LogP contribution in [0.15, 0.2) is 0 Å². The van der Waals surface area contributed by atoms with Gasteiger partial charge in [0, 0.05) is 6.54 Å². The summed E-state index contributed by atoms with van der Waals surface area (Å²) in [5.41, 5.74) is 4.72. The Bertz CT molecular complexity index is 99.5. The lowest BCUT2D eigenvalue weighted by Crippen LogP contribution is -2.15. The molecule has 4 N–H and O–H groups in total. The van der Waals surface area contributed by atoms with Crippen molar-refractivity contribution in [1.29, 1.82) is 0 Å². The van der Waals surface area contributed by atoms with Crippen LogP contribution in [0.2, 0.25) is 0 Å². The Hall–Kier alpha value is 0.110. The van der Waals surface area contributed by atoms with Gasteiger partial charge in [-0.2, -0.15) is 0 Å². The quantitative estimate of drug-likeness (QED) is 0.481. The van der Waals surface area contributed by atoms with Gasteiger partial charge in [-0.25, -0.2) is 10.6 Å². The first-order valence-electron chi connectivity index (χ1n) is 2.43. The van der Waals surface area contributed by atoms with Crippen LogP contribution < -0.4 is 10.6 Å². The van der Waals surface area contributed by atoms with Gasteiger partial charge in [0.1, 0.15) is 0 Å². The zero-order chi connectivity index (χ0) is 6.62. The van der Waals surface area contributed by atoms with Gasteiger partial charge >= 0.3 is 7.67 Å². The lowest BCUT2D eigenvalue weighted by atomic mass is 10.5. The molecule has 0 aromatic carbocycles. The Balaban J connectivity index is 3.26. The Labute approximate surface area is 48.6 Å². The fourth-order valence-electron chi connectivity index (χ4n) is 0.272. The van der Waals surface area contributed by atoms with Crippen LogP contribution in [-0.4, -0.2) is 11.4 Å². The monoisotopic (exact) mass is 138 g/mol. The van der Waals surface area contributed by atoms with E-state index in [9.17, 15) is 4.57 Å². The van der Waals surface area contributed by atoms with Crippen molar-refractivity contribution >= 4 is 7.67 Å². The van der Waals surface area contributed by atoms with Crippen molar-refractivity contribution in [2.45, 2.75) is 13.3 Å². The molecule has 0 heterocycles. The molecule has 0 fully saturated rings. The maximum atomic E-state index is 10.2. The number of hydrogen-bond acceptors (Lipinski definition) is 1. The first kappa shape index (κ1) is 8.11. The zero-order valence-electron chi connectivity index (χ0n) is 4.79. The van der Waals surface area contributed by atoms with Gasteiger partial charge in [-0.05, 0) is 6.42 Å². The molecular formula is C3H11N2O2P. The first-order chi connectivity index (χ1) is 3.56. The Morgan fingerprint density at radius 1 is 1.88 bits per heavy atom. The van der Waals surface area contributed by atoms with Gasteiger partial charge in [-0.3, -0.25) is 4.57 Å². The van der Waals surface area contributed by atoms with E-state index < -0.39 is 7.67 Å². The Morgan fingerprint density at radius 3 is 2.50 bits per heavy atom. The fourth-order valence-corrected chi connectivity index (χ4v) is 0.816. The highest BCUT2D eigenvalue weighted by atomic mass is 31.2. The van der Waals surface area contributed by atoms with Crippen molar-refractivity contribution in [2.75, 3.05) is 6.54 Å². The summed E-state index contributed by atoms with van der Waals surface area (Å²) in [6.45, 7) is 2.38. The zero-order valence-corrected chi connectivity index (χ0v) is 5.69. The third-order valence-corrected chi connectivity index (χ3v) is 1.27. The average molecular weight is 138 g/mol. The van der Waals surface area contributed by atoms with Crippen LogP contribution in [-0.2, 0) is 4.57 Å². The molecule has 1 unspecified atom stereocenters. The molecule has 0 saturated heterocycles. The van der Waals surface area contributed by atoms with Crippen LogP contribution in [0, 0.1) is 0 Å². The summed E-state index contributed by atoms with van der Waals surface area (Å²) in [6.07, 6.45) is 0.807. The second kappa shape index (κ2) is 3.20. The second-order valence-electron chi connectivity index (χ2n) is 1.53. The maximum absolute atomic E-state index is 10.2. The van der Waals surface area contributed by atoms with Crippen LogP contribution in [0.4, 0.5) is 0 Å². The average Bonchev–Trinajstić information content (AvgIpc) is 1.59. The summed E-state index contributed by atoms with van der Waals surface area (Å²) in [6, 6.07) is 0. The largest absolute Gasteiger partial charge is 0.335 e. The molecule has 0 aromatic rings. The molecule has 50 valence electrons. The van der Waals surface area contributed by atoms with Gasteiger partial charge in [-0.1, -0.05) is 6.92 Å². The molecule has 0 saturated carbocycles. The van der Waals surface area contributed by atoms with E-state index in [1.54, 1.807) is 0 Å². The van der Waals surface area contributed by atoms with Crippen molar-refractivity contribution in [3.63, 3.8) is 0 Å². The Kier molecular flexibility index (Phi) is 3.24. The molecule has 0 aliphatic carbocycles. The number of nitrogens with two attached hydrogens (primary N) is 1. The van der Waals surface area contributed by atoms with E-state index in [2.05, 4.69) is 5.09 Å². The fraction of sp³-hybridized carbons (Fsp3) is 1.00. The third kappa shape index (κ3) is 6.11. The molecule has 1 atom stereocenters. The van der Waals surface area contributed by atoms with E-state index in [1.165, 1.54) is 0 Å². The van der Waals surface area contributed by atoms with Gasteiger partial charge in [0.2, 0.25) is 0 Å². The van der Waals surface area contributed by atoms with Crippen molar-refractivity contribution in [2.24, 2.45) is 5.50 Å². The van der Waals surface area contributed by atoms with Crippen molar-refractivity contribution < 1.29 is 9.46 Å². The van der Waals surface area contributed by atoms with Crippen molar-refractivity contribution in [1.82, 2.24) is 5.09 Å². The molecular weight excluding hydrogens is 127 g/mol. The lowest BCUT2D eigenvalue weighted by Gasteiger charge is -2.03. The molecule has 0 aromatic heterocycles. The number of hydrogen-bond donors (Lipinski definition) is 3.